The molecule has 7 heteroatoms. The fourth-order valence-corrected chi connectivity index (χ4v) is 1.50. The van der Waals surface area contributed by atoms with Crippen LogP contribution in [0.25, 0.3) is 5.69 Å². The summed E-state index contributed by atoms with van der Waals surface area (Å²) >= 11 is 5.79. The maximum Gasteiger partial charge on any atom is 0.295 e. The number of halogens is 1. The zero-order valence-corrected chi connectivity index (χ0v) is 8.76. The van der Waals surface area contributed by atoms with E-state index in [0.29, 0.717) is 10.8 Å². The fraction of sp³-hybridized carbons (Fsp3) is 0. The third-order valence-electron chi connectivity index (χ3n) is 2.03. The predicted octanol–water partition coefficient (Wildman–Crippen LogP) is 2.02. The van der Waals surface area contributed by atoms with Crippen molar-refractivity contribution in [3.05, 3.63) is 45.6 Å². The van der Waals surface area contributed by atoms with E-state index < -0.39 is 4.92 Å². The number of hydrogen-bond acceptors (Lipinski definition) is 4. The highest BCUT2D eigenvalue weighted by atomic mass is 35.5. The van der Waals surface area contributed by atoms with Crippen LogP contribution in [0.15, 0.2) is 30.5 Å². The monoisotopic (exact) mass is 238 g/mol. The summed E-state index contributed by atoms with van der Waals surface area (Å²) in [7, 11) is 0. The van der Waals surface area contributed by atoms with Gasteiger partial charge in [0.1, 0.15) is 11.5 Å². The van der Waals surface area contributed by atoms with E-state index in [9.17, 15) is 10.1 Å². The van der Waals surface area contributed by atoms with Crippen molar-refractivity contribution in [1.29, 1.82) is 0 Å². The van der Waals surface area contributed by atoms with Crippen LogP contribution in [0.1, 0.15) is 0 Å². The van der Waals surface area contributed by atoms with E-state index in [4.69, 9.17) is 17.3 Å². The van der Waals surface area contributed by atoms with Crippen molar-refractivity contribution in [3.8, 4) is 5.69 Å². The second kappa shape index (κ2) is 3.82. The largest absolute Gasteiger partial charge is 0.384 e. The maximum atomic E-state index is 10.8. The standard InChI is InChI=1S/C9H7ClN4O2/c10-6-1-2-7(14(15)16)8(5-6)13-9(11)3-4-12-13/h1-5H,11H2. The van der Waals surface area contributed by atoms with Gasteiger partial charge in [0.15, 0.2) is 0 Å². The molecule has 0 atom stereocenters. The van der Waals surface area contributed by atoms with Crippen LogP contribution < -0.4 is 5.73 Å². The number of nitro groups is 1. The number of nitrogens with zero attached hydrogens (tertiary/aromatic N) is 3. The number of nitrogens with two attached hydrogens (primary N) is 1. The first-order chi connectivity index (χ1) is 7.59. The van der Waals surface area contributed by atoms with Gasteiger partial charge in [-0.05, 0) is 12.1 Å². The summed E-state index contributed by atoms with van der Waals surface area (Å²) < 4.78 is 1.27. The highest BCUT2D eigenvalue weighted by Gasteiger charge is 2.17. The number of rotatable bonds is 2. The van der Waals surface area contributed by atoms with Crippen LogP contribution in [0.4, 0.5) is 11.5 Å². The maximum absolute atomic E-state index is 10.8. The molecule has 0 saturated heterocycles. The second-order valence-corrected chi connectivity index (χ2v) is 3.49. The summed E-state index contributed by atoms with van der Waals surface area (Å²) in [6.07, 6.45) is 1.46. The minimum Gasteiger partial charge on any atom is -0.384 e. The molecular formula is C9H7ClN4O2. The van der Waals surface area contributed by atoms with Gasteiger partial charge in [0, 0.05) is 17.2 Å². The zero-order valence-electron chi connectivity index (χ0n) is 8.00. The number of aromatic nitrogens is 2. The summed E-state index contributed by atoms with van der Waals surface area (Å²) in [6, 6.07) is 5.76. The lowest BCUT2D eigenvalue weighted by Crippen LogP contribution is -2.04. The molecule has 2 N–H and O–H groups in total. The van der Waals surface area contributed by atoms with E-state index in [1.807, 2.05) is 0 Å². The molecule has 0 aliphatic rings. The number of anilines is 1. The summed E-state index contributed by atoms with van der Waals surface area (Å²) in [6.45, 7) is 0. The van der Waals surface area contributed by atoms with Gasteiger partial charge < -0.3 is 5.73 Å². The Hall–Kier alpha value is -2.08. The van der Waals surface area contributed by atoms with Gasteiger partial charge >= 0.3 is 0 Å². The van der Waals surface area contributed by atoms with Crippen molar-refractivity contribution >= 4 is 23.1 Å². The zero-order chi connectivity index (χ0) is 11.7. The van der Waals surface area contributed by atoms with Gasteiger partial charge in [-0.1, -0.05) is 11.6 Å². The van der Waals surface area contributed by atoms with Crippen LogP contribution in [0.3, 0.4) is 0 Å². The minimum atomic E-state index is -0.507. The van der Waals surface area contributed by atoms with Gasteiger partial charge in [-0.2, -0.15) is 5.10 Å². The van der Waals surface area contributed by atoms with Crippen molar-refractivity contribution in [2.45, 2.75) is 0 Å². The summed E-state index contributed by atoms with van der Waals surface area (Å²) in [5.41, 5.74) is 5.78. The highest BCUT2D eigenvalue weighted by Crippen LogP contribution is 2.27. The Bertz CT molecular complexity index is 552. The Labute approximate surface area is 95.4 Å². The van der Waals surface area contributed by atoms with E-state index >= 15 is 0 Å². The molecule has 82 valence electrons. The van der Waals surface area contributed by atoms with Gasteiger partial charge in [0.05, 0.1) is 11.1 Å². The Morgan fingerprint density at radius 2 is 2.19 bits per heavy atom. The highest BCUT2D eigenvalue weighted by molar-refractivity contribution is 6.30. The average molecular weight is 239 g/mol. The first kappa shape index (κ1) is 10.4. The normalized spacial score (nSPS) is 10.3. The van der Waals surface area contributed by atoms with Crippen molar-refractivity contribution in [3.63, 3.8) is 0 Å². The van der Waals surface area contributed by atoms with E-state index in [1.165, 1.54) is 29.1 Å². The predicted molar refractivity (Wildman–Crippen MR) is 59.6 cm³/mol. The molecule has 2 aromatic rings. The summed E-state index contributed by atoms with van der Waals surface area (Å²) in [5, 5.41) is 15.1. The number of benzene rings is 1. The molecule has 0 radical (unpaired) electrons. The molecule has 1 heterocycles. The van der Waals surface area contributed by atoms with Gasteiger partial charge in [0.2, 0.25) is 0 Å². The number of nitrogen functional groups attached to an aromatic ring is 1. The van der Waals surface area contributed by atoms with Gasteiger partial charge in [-0.3, -0.25) is 10.1 Å². The average Bonchev–Trinajstić information content (AvgIpc) is 2.63. The van der Waals surface area contributed by atoms with E-state index in [2.05, 4.69) is 5.10 Å². The SMILES string of the molecule is Nc1ccnn1-c1cc(Cl)ccc1[N+](=O)[O-]. The fourth-order valence-electron chi connectivity index (χ4n) is 1.34. The van der Waals surface area contributed by atoms with E-state index in [1.54, 1.807) is 6.07 Å². The van der Waals surface area contributed by atoms with Gasteiger partial charge in [-0.25, -0.2) is 4.68 Å². The topological polar surface area (TPSA) is 87.0 Å². The van der Waals surface area contributed by atoms with E-state index in [-0.39, 0.29) is 11.4 Å². The molecular weight excluding hydrogens is 232 g/mol. The Balaban J connectivity index is 2.67. The molecule has 1 aromatic heterocycles. The molecule has 0 unspecified atom stereocenters. The van der Waals surface area contributed by atoms with Crippen LogP contribution in [0.2, 0.25) is 5.02 Å². The third kappa shape index (κ3) is 1.70. The smallest absolute Gasteiger partial charge is 0.295 e. The molecule has 16 heavy (non-hydrogen) atoms. The van der Waals surface area contributed by atoms with Crippen molar-refractivity contribution < 1.29 is 4.92 Å². The van der Waals surface area contributed by atoms with Crippen LogP contribution in [-0.2, 0) is 0 Å². The van der Waals surface area contributed by atoms with Crippen LogP contribution in [0.5, 0.6) is 0 Å². The lowest BCUT2D eigenvalue weighted by Gasteiger charge is -2.05. The van der Waals surface area contributed by atoms with Gasteiger partial charge in [-0.15, -0.1) is 0 Å². The van der Waals surface area contributed by atoms with Crippen molar-refractivity contribution in [2.75, 3.05) is 5.73 Å². The van der Waals surface area contributed by atoms with E-state index in [0.717, 1.165) is 0 Å². The van der Waals surface area contributed by atoms with Crippen molar-refractivity contribution in [1.82, 2.24) is 9.78 Å². The quantitative estimate of drug-likeness (QED) is 0.640. The van der Waals surface area contributed by atoms with Crippen LogP contribution in [-0.4, -0.2) is 14.7 Å². The van der Waals surface area contributed by atoms with Crippen molar-refractivity contribution in [2.24, 2.45) is 0 Å². The molecule has 0 spiro atoms. The molecule has 0 aliphatic carbocycles. The Kier molecular flexibility index (Phi) is 2.49. The molecule has 6 nitrogen and oxygen atoms in total. The molecule has 0 fully saturated rings. The molecule has 2 rings (SSSR count). The lowest BCUT2D eigenvalue weighted by molar-refractivity contribution is -0.384. The van der Waals surface area contributed by atoms with Crippen LogP contribution in [0, 0.1) is 10.1 Å². The van der Waals surface area contributed by atoms with Crippen LogP contribution >= 0.6 is 11.6 Å². The first-order valence-electron chi connectivity index (χ1n) is 4.33. The molecule has 0 amide bonds. The molecule has 1 aromatic carbocycles. The molecule has 0 bridgehead atoms. The summed E-state index contributed by atoms with van der Waals surface area (Å²) in [5.74, 6) is 0.311. The number of nitro benzene ring substituents is 1. The Morgan fingerprint density at radius 3 is 2.75 bits per heavy atom. The molecule has 0 saturated carbocycles. The molecule has 0 aliphatic heterocycles. The summed E-state index contributed by atoms with van der Waals surface area (Å²) in [4.78, 5) is 10.3. The Morgan fingerprint density at radius 1 is 1.44 bits per heavy atom. The number of hydrogen-bond donors (Lipinski definition) is 1. The lowest BCUT2D eigenvalue weighted by atomic mass is 10.2. The minimum absolute atomic E-state index is 0.0974. The first-order valence-corrected chi connectivity index (χ1v) is 4.71. The third-order valence-corrected chi connectivity index (χ3v) is 2.27. The van der Waals surface area contributed by atoms with Gasteiger partial charge in [0.25, 0.3) is 5.69 Å². The second-order valence-electron chi connectivity index (χ2n) is 3.06.